The molecule has 1 aromatic carbocycles. The molecule has 9 nitrogen and oxygen atoms in total. The molecule has 1 aliphatic rings. The van der Waals surface area contributed by atoms with E-state index in [9.17, 15) is 24.3 Å². The van der Waals surface area contributed by atoms with E-state index in [0.717, 1.165) is 17.9 Å². The Morgan fingerprint density at radius 1 is 1.42 bits per heavy atom. The standard InChI is InChI=1S/C17H20N2O7/c1-10(20)26-14(17(23)24)13-16(22)19(7-8-25-13)12-6-4-5-11(9-12)15(21)18(2)3/h4-6,9,13-14H,7-8H2,1-3H3,(H,23,24)/t13-,14-/m1/s1/i2D3,3D3. The second-order valence-corrected chi connectivity index (χ2v) is 5.34. The summed E-state index contributed by atoms with van der Waals surface area (Å²) in [6.07, 6.45) is -3.57. The van der Waals surface area contributed by atoms with Crippen LogP contribution >= 0.6 is 0 Å². The number of anilines is 1. The van der Waals surface area contributed by atoms with Crippen molar-refractivity contribution in [3.05, 3.63) is 29.8 Å². The molecule has 1 N–H and O–H groups in total. The lowest BCUT2D eigenvalue weighted by molar-refractivity contribution is -0.177. The van der Waals surface area contributed by atoms with Crippen molar-refractivity contribution in [1.82, 2.24) is 4.90 Å². The highest BCUT2D eigenvalue weighted by Gasteiger charge is 2.42. The predicted octanol–water partition coefficient (Wildman–Crippen LogP) is 0.137. The Bertz CT molecular complexity index is 903. The average Bonchev–Trinajstić information content (AvgIpc) is 2.64. The topological polar surface area (TPSA) is 113 Å². The second-order valence-electron chi connectivity index (χ2n) is 5.34. The Kier molecular flexibility index (Phi) is 3.80. The lowest BCUT2D eigenvalue weighted by Crippen LogP contribution is -2.55. The third-order valence-electron chi connectivity index (χ3n) is 3.54. The quantitative estimate of drug-likeness (QED) is 0.733. The first-order valence-corrected chi connectivity index (χ1v) is 7.42. The summed E-state index contributed by atoms with van der Waals surface area (Å²) in [5.74, 6) is -4.73. The fourth-order valence-corrected chi connectivity index (χ4v) is 2.44. The van der Waals surface area contributed by atoms with E-state index in [-0.39, 0.29) is 29.3 Å². The SMILES string of the molecule is [2H]C([2H])([2H])N(C(=O)c1cccc(N2CCO[C@H]([C@@H](OC(C)=O)C(=O)O)C2=O)c1)C([2H])([2H])[2H]. The summed E-state index contributed by atoms with van der Waals surface area (Å²) in [6.45, 7) is -5.72. The molecule has 1 aromatic rings. The number of carboxylic acid groups (broad SMARTS) is 1. The summed E-state index contributed by atoms with van der Waals surface area (Å²) < 4.78 is 54.1. The van der Waals surface area contributed by atoms with Crippen LogP contribution in [0.4, 0.5) is 5.69 Å². The number of benzene rings is 1. The highest BCUT2D eigenvalue weighted by atomic mass is 16.6. The average molecular weight is 370 g/mol. The minimum Gasteiger partial charge on any atom is -0.478 e. The van der Waals surface area contributed by atoms with E-state index in [1.165, 1.54) is 18.2 Å². The van der Waals surface area contributed by atoms with Gasteiger partial charge in [-0.3, -0.25) is 14.4 Å². The van der Waals surface area contributed by atoms with Crippen LogP contribution in [0.5, 0.6) is 0 Å². The smallest absolute Gasteiger partial charge is 0.348 e. The molecule has 1 fully saturated rings. The number of ether oxygens (including phenoxy) is 2. The monoisotopic (exact) mass is 370 g/mol. The van der Waals surface area contributed by atoms with Crippen LogP contribution in [0.15, 0.2) is 24.3 Å². The first kappa shape index (κ1) is 12.4. The van der Waals surface area contributed by atoms with Gasteiger partial charge in [-0.15, -0.1) is 0 Å². The molecule has 2 atom stereocenters. The van der Waals surface area contributed by atoms with Gasteiger partial charge in [0.2, 0.25) is 6.10 Å². The van der Waals surface area contributed by atoms with Gasteiger partial charge in [-0.2, -0.15) is 0 Å². The Morgan fingerprint density at radius 2 is 2.15 bits per heavy atom. The van der Waals surface area contributed by atoms with Gasteiger partial charge in [0, 0.05) is 46.9 Å². The van der Waals surface area contributed by atoms with Crippen LogP contribution in [0.3, 0.4) is 0 Å². The summed E-state index contributed by atoms with van der Waals surface area (Å²) >= 11 is 0. The van der Waals surface area contributed by atoms with Gasteiger partial charge in [-0.25, -0.2) is 4.79 Å². The molecule has 9 heteroatoms. The Hall–Kier alpha value is -2.94. The van der Waals surface area contributed by atoms with Gasteiger partial charge < -0.3 is 24.4 Å². The molecular formula is C17H20N2O7. The van der Waals surface area contributed by atoms with E-state index < -0.39 is 49.9 Å². The van der Waals surface area contributed by atoms with E-state index in [1.807, 2.05) is 0 Å². The molecule has 1 heterocycles. The van der Waals surface area contributed by atoms with Gasteiger partial charge in [-0.1, -0.05) is 6.07 Å². The summed E-state index contributed by atoms with van der Waals surface area (Å²) in [5.41, 5.74) is -0.252. The van der Waals surface area contributed by atoms with Gasteiger partial charge in [0.1, 0.15) is 0 Å². The Labute approximate surface area is 158 Å². The van der Waals surface area contributed by atoms with Crippen LogP contribution < -0.4 is 4.90 Å². The van der Waals surface area contributed by atoms with Crippen LogP contribution in [-0.4, -0.2) is 73.1 Å². The van der Waals surface area contributed by atoms with Crippen LogP contribution in [0, 0.1) is 0 Å². The maximum absolute atomic E-state index is 12.9. The van der Waals surface area contributed by atoms with Crippen molar-refractivity contribution in [2.75, 3.05) is 32.0 Å². The minimum atomic E-state index is -3.25. The summed E-state index contributed by atoms with van der Waals surface area (Å²) in [6, 6.07) is 4.97. The largest absolute Gasteiger partial charge is 0.478 e. The van der Waals surface area contributed by atoms with E-state index in [0.29, 0.717) is 0 Å². The molecule has 2 rings (SSSR count). The summed E-state index contributed by atoms with van der Waals surface area (Å²) in [7, 11) is 0. The van der Waals surface area contributed by atoms with Gasteiger partial charge in [-0.05, 0) is 18.2 Å². The molecule has 0 aromatic heterocycles. The lowest BCUT2D eigenvalue weighted by Gasteiger charge is -2.34. The van der Waals surface area contributed by atoms with E-state index >= 15 is 0 Å². The Morgan fingerprint density at radius 3 is 2.77 bits per heavy atom. The van der Waals surface area contributed by atoms with Crippen molar-refractivity contribution in [2.45, 2.75) is 19.1 Å². The first-order chi connectivity index (χ1) is 14.6. The zero-order chi connectivity index (χ0) is 24.4. The van der Waals surface area contributed by atoms with Crippen molar-refractivity contribution < 1.29 is 42.0 Å². The number of carbonyl (C=O) groups excluding carboxylic acids is 3. The van der Waals surface area contributed by atoms with Crippen molar-refractivity contribution >= 4 is 29.4 Å². The highest BCUT2D eigenvalue weighted by Crippen LogP contribution is 2.23. The molecule has 1 saturated heterocycles. The maximum atomic E-state index is 12.9. The molecule has 0 unspecified atom stereocenters. The molecule has 26 heavy (non-hydrogen) atoms. The van der Waals surface area contributed by atoms with Crippen molar-refractivity contribution in [1.29, 1.82) is 0 Å². The number of esters is 1. The molecule has 0 aliphatic carbocycles. The Balaban J connectivity index is 2.38. The number of carboxylic acids is 1. The minimum absolute atomic E-state index is 0.0539. The summed E-state index contributed by atoms with van der Waals surface area (Å²) in [5, 5.41) is 9.29. The normalized spacial score (nSPS) is 22.6. The molecule has 2 amide bonds. The van der Waals surface area contributed by atoms with Crippen molar-refractivity contribution in [3.63, 3.8) is 0 Å². The number of nitrogens with zero attached hydrogens (tertiary/aromatic N) is 2. The summed E-state index contributed by atoms with van der Waals surface area (Å²) in [4.78, 5) is 49.0. The van der Waals surface area contributed by atoms with Gasteiger partial charge >= 0.3 is 11.9 Å². The molecule has 0 bridgehead atoms. The third kappa shape index (κ3) is 4.17. The van der Waals surface area contributed by atoms with Crippen molar-refractivity contribution in [3.8, 4) is 0 Å². The number of aliphatic carboxylic acids is 1. The van der Waals surface area contributed by atoms with Crippen LogP contribution in [-0.2, 0) is 23.9 Å². The molecule has 0 radical (unpaired) electrons. The number of morpholine rings is 1. The number of carbonyl (C=O) groups is 4. The van der Waals surface area contributed by atoms with Gasteiger partial charge in [0.15, 0.2) is 6.10 Å². The molecule has 1 aliphatic heterocycles. The van der Waals surface area contributed by atoms with Crippen LogP contribution in [0.2, 0.25) is 0 Å². The zero-order valence-electron chi connectivity index (χ0n) is 19.7. The zero-order valence-corrected chi connectivity index (χ0v) is 13.7. The molecule has 140 valence electrons. The van der Waals surface area contributed by atoms with E-state index in [1.54, 1.807) is 0 Å². The maximum Gasteiger partial charge on any atom is 0.348 e. The third-order valence-corrected chi connectivity index (χ3v) is 3.54. The van der Waals surface area contributed by atoms with Crippen LogP contribution in [0.25, 0.3) is 0 Å². The number of amides is 2. The lowest BCUT2D eigenvalue weighted by atomic mass is 10.1. The molecule has 0 spiro atoms. The number of hydrogen-bond donors (Lipinski definition) is 1. The second kappa shape index (κ2) is 7.96. The first-order valence-electron chi connectivity index (χ1n) is 10.4. The van der Waals surface area contributed by atoms with E-state index in [4.69, 9.17) is 13.0 Å². The number of rotatable bonds is 5. The fraction of sp³-hybridized carbons (Fsp3) is 0.412. The van der Waals surface area contributed by atoms with Gasteiger partial charge in [0.25, 0.3) is 11.8 Å². The number of hydrogen-bond acceptors (Lipinski definition) is 6. The highest BCUT2D eigenvalue weighted by molar-refractivity contribution is 6.02. The van der Waals surface area contributed by atoms with Crippen molar-refractivity contribution in [2.24, 2.45) is 0 Å². The molecular weight excluding hydrogens is 344 g/mol. The molecule has 0 saturated carbocycles. The van der Waals surface area contributed by atoms with Gasteiger partial charge in [0.05, 0.1) is 6.61 Å². The van der Waals surface area contributed by atoms with Crippen LogP contribution in [0.1, 0.15) is 25.5 Å². The van der Waals surface area contributed by atoms with E-state index in [2.05, 4.69) is 4.74 Å². The fourth-order valence-electron chi connectivity index (χ4n) is 2.44. The predicted molar refractivity (Wildman–Crippen MR) is 89.7 cm³/mol.